The molecule has 15 aromatic heterocycles. The number of hydrogen-bond donors (Lipinski definition) is 0. The molecule has 0 amide bonds. The van der Waals surface area contributed by atoms with Gasteiger partial charge in [-0.1, -0.05) is 127 Å². The summed E-state index contributed by atoms with van der Waals surface area (Å²) in [6, 6.07) is 58.1. The molecular weight excluding hydrogens is 1800 g/mol. The van der Waals surface area contributed by atoms with Crippen molar-refractivity contribution in [2.45, 2.75) is 125 Å². The number of furan rings is 2. The fraction of sp³-hybridized carbons (Fsp3) is 0.217. The number of nitrogens with zero attached hydrogens (tertiary/aromatic N) is 17. The topological polar surface area (TPSA) is 184 Å². The molecule has 25 rings (SSSR count). The molecule has 25 aromatic rings. The molecule has 0 N–H and O–H groups in total. The summed E-state index contributed by atoms with van der Waals surface area (Å²) in [5, 5.41) is 5.58. The van der Waals surface area contributed by atoms with Gasteiger partial charge in [0.25, 0.3) is 29.1 Å². The van der Waals surface area contributed by atoms with Gasteiger partial charge in [0.15, 0.2) is 39.2 Å². The fourth-order valence-corrected chi connectivity index (χ4v) is 24.1. The summed E-state index contributed by atoms with van der Waals surface area (Å²) in [4.78, 5) is 26.3. The summed E-state index contributed by atoms with van der Waals surface area (Å²) in [5.74, 6) is 10.3. The van der Waals surface area contributed by atoms with Crippen LogP contribution in [0.4, 0.5) is 0 Å². The van der Waals surface area contributed by atoms with Crippen LogP contribution in [0.5, 0.6) is 0 Å². The van der Waals surface area contributed by atoms with Gasteiger partial charge in [-0.2, -0.15) is 22.8 Å². The lowest BCUT2D eigenvalue weighted by Crippen LogP contribution is -2.29. The second kappa shape index (κ2) is 35.2. The van der Waals surface area contributed by atoms with Crippen molar-refractivity contribution in [2.75, 3.05) is 0 Å². The van der Waals surface area contributed by atoms with Gasteiger partial charge in [0.2, 0.25) is 10.6 Å². The van der Waals surface area contributed by atoms with Crippen molar-refractivity contribution in [2.24, 2.45) is 49.3 Å². The zero-order valence-corrected chi connectivity index (χ0v) is 86.2. The molecule has 0 radical (unpaired) electrons. The van der Waals surface area contributed by atoms with Gasteiger partial charge in [-0.15, -0.1) is 22.7 Å². The quantitative estimate of drug-likeness (QED) is 0.119. The molecule has 0 aliphatic carbocycles. The van der Waals surface area contributed by atoms with Crippen LogP contribution in [0.3, 0.4) is 0 Å². The molecule has 15 heterocycles. The van der Waals surface area contributed by atoms with Crippen molar-refractivity contribution >= 4 is 140 Å². The fourth-order valence-electron chi connectivity index (χ4n) is 20.4. The lowest BCUT2D eigenvalue weighted by atomic mass is 10.0. The van der Waals surface area contributed by atoms with E-state index in [9.17, 15) is 0 Å². The average molecular weight is 1910 g/mol. The van der Waals surface area contributed by atoms with E-state index in [0.29, 0.717) is 11.7 Å². The van der Waals surface area contributed by atoms with Crippen LogP contribution in [-0.2, 0) is 49.3 Å². The van der Waals surface area contributed by atoms with Crippen molar-refractivity contribution in [3.05, 3.63) is 327 Å². The van der Waals surface area contributed by atoms with Crippen LogP contribution >= 0.6 is 34.0 Å². The lowest BCUT2D eigenvalue weighted by Gasteiger charge is -2.11. The van der Waals surface area contributed by atoms with E-state index < -0.39 is 0 Å². The van der Waals surface area contributed by atoms with Gasteiger partial charge in [-0.05, 0) is 225 Å². The third kappa shape index (κ3) is 15.3. The number of benzene rings is 10. The third-order valence-electron chi connectivity index (χ3n) is 27.6. The van der Waals surface area contributed by atoms with Crippen molar-refractivity contribution in [1.82, 2.24) is 56.9 Å². The van der Waals surface area contributed by atoms with Gasteiger partial charge in [0.1, 0.15) is 135 Å². The number of aromatic nitrogens is 17. The minimum atomic E-state index is 0.485. The second-order valence-corrected chi connectivity index (χ2v) is 40.4. The number of fused-ring (bicyclic) bond motifs is 15. The van der Waals surface area contributed by atoms with Gasteiger partial charge < -0.3 is 31.2 Å². The van der Waals surface area contributed by atoms with Crippen LogP contribution in [0.1, 0.15) is 102 Å². The Kier molecular flexibility index (Phi) is 22.9. The molecule has 0 bridgehead atoms. The van der Waals surface area contributed by atoms with Crippen LogP contribution in [0.15, 0.2) is 248 Å². The van der Waals surface area contributed by atoms with E-state index in [2.05, 4.69) is 430 Å². The Morgan fingerprint density at radius 3 is 1.26 bits per heavy atom. The van der Waals surface area contributed by atoms with E-state index in [1.54, 1.807) is 22.7 Å². The van der Waals surface area contributed by atoms with Crippen LogP contribution in [-0.4, -0.2) is 56.9 Å². The van der Waals surface area contributed by atoms with Crippen molar-refractivity contribution in [3.8, 4) is 85.4 Å². The Hall–Kier alpha value is -15.4. The number of rotatable bonds is 10. The number of imidazole rings is 7. The van der Waals surface area contributed by atoms with Gasteiger partial charge in [0, 0.05) is 61.1 Å². The van der Waals surface area contributed by atoms with Crippen LogP contribution in [0, 0.1) is 125 Å². The molecule has 0 spiro atoms. The zero-order chi connectivity index (χ0) is 97.9. The van der Waals surface area contributed by atoms with Gasteiger partial charge in [-0.3, -0.25) is 0 Å². The SMILES string of the molecule is Cc1ccccc1-n1cc[n+](C)c1-c1c(C)ccc2c1oc1c2nc(C)n1C.Cc1ccccc1-n1cc[n+](C)c1-c1c(C)ccc2c1sc1c2nc(C)n1C.Cc1nc2c(o1)oc1cc(-c3n(-c4c(C)cccc4C)cc[n+]3C)c(C)cc12.Cc1nc2c(o1)sc1cc(-c3n(-c4c(C)cccc4C)cc[n+]3C)c(C)cc12.Cc1nc2sc3c(-c4n(-c5c(C)cccc5C)cc[n+]4C)c(C)ccc3c2o1. The summed E-state index contributed by atoms with van der Waals surface area (Å²) < 4.78 is 59.9. The third-order valence-corrected chi connectivity index (χ3v) is 31.0. The first kappa shape index (κ1) is 91.0. The standard InChI is InChI=1S/C23H23N4O.C23H23N4S.C23H22N3O2.2C23H22N3OS/c2*1-14-8-6-7-9-18(14)27-13-12-25(4)22(27)19-15(2)10-11-17-20-23(28-21(17)19)26(5)16(3)24-20;2*1-13-7-6-8-14(2)21(13)26-10-9-25(5)22(26)17-12-19-18(11-15(17)3)20-23(28-19)27-16(4)24-20;1-13-9-10-17-20-22(24-16(4)27-20)28-21(17)18(13)23-25(5)11-12-26(23)19-14(2)7-6-8-15(19)3/h2*6-13H,1-5H3;3*6-12H,1-5H3/q5*+1. The maximum atomic E-state index is 6.39. The molecule has 25 heteroatoms. The minimum absolute atomic E-state index is 0.485. The first-order valence-electron chi connectivity index (χ1n) is 47.1. The largest absolute Gasteiger partial charge is 0.439 e. The summed E-state index contributed by atoms with van der Waals surface area (Å²) in [5.41, 5.74) is 35.4. The Morgan fingerprint density at radius 2 is 0.714 bits per heavy atom. The molecular formula is C115H112N17O5S3+5. The normalized spacial score (nSPS) is 11.8. The number of para-hydroxylation sites is 5. The molecule has 22 nitrogen and oxygen atoms in total. The van der Waals surface area contributed by atoms with E-state index in [4.69, 9.17) is 32.1 Å². The monoisotopic (exact) mass is 1910 g/mol. The Bertz CT molecular complexity index is 8830. The molecule has 0 unspecified atom stereocenters. The summed E-state index contributed by atoms with van der Waals surface area (Å²) in [6.07, 6.45) is 21.3. The molecule has 0 fully saturated rings. The predicted molar refractivity (Wildman–Crippen MR) is 564 cm³/mol. The predicted octanol–water partition coefficient (Wildman–Crippen LogP) is 25.7. The van der Waals surface area contributed by atoms with Crippen molar-refractivity contribution in [3.63, 3.8) is 0 Å². The Morgan fingerprint density at radius 1 is 0.293 bits per heavy atom. The summed E-state index contributed by atoms with van der Waals surface area (Å²) >= 11 is 5.22. The molecule has 0 saturated heterocycles. The number of thiophene rings is 3. The van der Waals surface area contributed by atoms with Gasteiger partial charge in [-0.25, -0.2) is 47.8 Å². The van der Waals surface area contributed by atoms with Crippen LogP contribution in [0.2, 0.25) is 0 Å². The van der Waals surface area contributed by atoms with Gasteiger partial charge in [0.05, 0.1) is 72.3 Å². The van der Waals surface area contributed by atoms with Gasteiger partial charge >= 0.3 is 5.78 Å². The first-order valence-corrected chi connectivity index (χ1v) is 49.5. The highest BCUT2D eigenvalue weighted by atomic mass is 32.1. The number of hydrogen-bond acceptors (Lipinski definition) is 13. The van der Waals surface area contributed by atoms with E-state index in [0.717, 1.165) is 122 Å². The minimum Gasteiger partial charge on any atom is -0.439 e. The van der Waals surface area contributed by atoms with Crippen molar-refractivity contribution < 1.29 is 44.9 Å². The summed E-state index contributed by atoms with van der Waals surface area (Å²) in [6.45, 7) is 37.8. The second-order valence-electron chi connectivity index (χ2n) is 37.4. The Balaban J connectivity index is 0.000000104. The highest BCUT2D eigenvalue weighted by molar-refractivity contribution is 7.26. The number of oxazole rings is 3. The molecule has 0 saturated carbocycles. The molecule has 140 heavy (non-hydrogen) atoms. The molecule has 0 atom stereocenters. The molecule has 10 aromatic carbocycles. The summed E-state index contributed by atoms with van der Waals surface area (Å²) in [7, 11) is 14.6. The van der Waals surface area contributed by atoms with Crippen LogP contribution < -0.4 is 22.8 Å². The molecule has 0 aliphatic heterocycles. The van der Waals surface area contributed by atoms with Crippen LogP contribution in [0.25, 0.3) is 191 Å². The molecule has 700 valence electrons. The average Bonchev–Trinajstić information content (AvgIpc) is 1.57. The zero-order valence-electron chi connectivity index (χ0n) is 83.7. The van der Waals surface area contributed by atoms with Crippen molar-refractivity contribution in [1.29, 1.82) is 0 Å². The highest BCUT2D eigenvalue weighted by Gasteiger charge is 2.35. The van der Waals surface area contributed by atoms with E-state index in [1.807, 2.05) is 50.6 Å². The maximum Gasteiger partial charge on any atom is 0.319 e. The van der Waals surface area contributed by atoms with E-state index in [-0.39, 0.29) is 0 Å². The Labute approximate surface area is 822 Å². The first-order chi connectivity index (χ1) is 67.3. The highest BCUT2D eigenvalue weighted by Crippen LogP contribution is 2.47. The maximum absolute atomic E-state index is 6.39. The van der Waals surface area contributed by atoms with E-state index in [1.165, 1.54) is 159 Å². The lowest BCUT2D eigenvalue weighted by molar-refractivity contribution is -0.659. The number of aryl methyl sites for hydroxylation is 25. The molecule has 0 aliphatic rings. The smallest absolute Gasteiger partial charge is 0.319 e. The van der Waals surface area contributed by atoms with E-state index >= 15 is 0 Å².